The molecule has 1 amide bonds. The number of carbonyl (C=O) groups is 1. The van der Waals surface area contributed by atoms with Crippen LogP contribution in [0.4, 0.5) is 0 Å². The van der Waals surface area contributed by atoms with Gasteiger partial charge in [-0.3, -0.25) is 9.48 Å². The SMILES string of the molecule is C[C@H](NC(=O)c1ccoc1)c1ncnn1C. The van der Waals surface area contributed by atoms with Crippen molar-refractivity contribution in [3.63, 3.8) is 0 Å². The first-order chi connectivity index (χ1) is 7.68. The molecule has 2 aromatic rings. The molecule has 6 heteroatoms. The van der Waals surface area contributed by atoms with E-state index in [9.17, 15) is 4.79 Å². The van der Waals surface area contributed by atoms with Crippen LogP contribution in [0.15, 0.2) is 29.3 Å². The second-order valence-electron chi connectivity index (χ2n) is 3.45. The second-order valence-corrected chi connectivity index (χ2v) is 3.45. The van der Waals surface area contributed by atoms with Crippen molar-refractivity contribution in [2.24, 2.45) is 7.05 Å². The highest BCUT2D eigenvalue weighted by Gasteiger charge is 2.15. The third-order valence-electron chi connectivity index (χ3n) is 2.26. The maximum Gasteiger partial charge on any atom is 0.255 e. The Labute approximate surface area is 92.3 Å². The Morgan fingerprint density at radius 1 is 1.62 bits per heavy atom. The first-order valence-corrected chi connectivity index (χ1v) is 4.85. The zero-order chi connectivity index (χ0) is 11.5. The van der Waals surface area contributed by atoms with Crippen LogP contribution in [0.5, 0.6) is 0 Å². The van der Waals surface area contributed by atoms with Crippen LogP contribution in [-0.4, -0.2) is 20.7 Å². The minimum absolute atomic E-state index is 0.191. The van der Waals surface area contributed by atoms with Crippen molar-refractivity contribution in [2.75, 3.05) is 0 Å². The van der Waals surface area contributed by atoms with Gasteiger partial charge in [0.05, 0.1) is 17.9 Å². The number of carbonyl (C=O) groups excluding carboxylic acids is 1. The van der Waals surface area contributed by atoms with E-state index in [-0.39, 0.29) is 11.9 Å². The Morgan fingerprint density at radius 2 is 2.44 bits per heavy atom. The van der Waals surface area contributed by atoms with Gasteiger partial charge < -0.3 is 9.73 Å². The average molecular weight is 220 g/mol. The van der Waals surface area contributed by atoms with E-state index in [1.54, 1.807) is 17.8 Å². The Balaban J connectivity index is 2.06. The van der Waals surface area contributed by atoms with Crippen LogP contribution >= 0.6 is 0 Å². The highest BCUT2D eigenvalue weighted by molar-refractivity contribution is 5.93. The molecule has 0 bridgehead atoms. The summed E-state index contributed by atoms with van der Waals surface area (Å²) < 4.78 is 6.46. The van der Waals surface area contributed by atoms with E-state index in [1.807, 2.05) is 6.92 Å². The summed E-state index contributed by atoms with van der Waals surface area (Å²) in [6, 6.07) is 1.41. The van der Waals surface area contributed by atoms with E-state index in [0.29, 0.717) is 11.4 Å². The van der Waals surface area contributed by atoms with Gasteiger partial charge in [0.15, 0.2) is 0 Å². The fourth-order valence-corrected chi connectivity index (χ4v) is 1.44. The molecule has 6 nitrogen and oxygen atoms in total. The molecule has 0 spiro atoms. The molecule has 2 aromatic heterocycles. The Bertz CT molecular complexity index is 475. The van der Waals surface area contributed by atoms with Crippen molar-refractivity contribution >= 4 is 5.91 Å². The molecule has 2 rings (SSSR count). The minimum atomic E-state index is -0.199. The van der Waals surface area contributed by atoms with E-state index in [2.05, 4.69) is 15.4 Å². The monoisotopic (exact) mass is 220 g/mol. The summed E-state index contributed by atoms with van der Waals surface area (Å²) in [6.45, 7) is 1.85. The molecule has 0 aliphatic heterocycles. The first-order valence-electron chi connectivity index (χ1n) is 4.85. The summed E-state index contributed by atoms with van der Waals surface area (Å²) in [4.78, 5) is 15.8. The smallest absolute Gasteiger partial charge is 0.255 e. The summed E-state index contributed by atoms with van der Waals surface area (Å²) in [5.74, 6) is 0.515. The number of aromatic nitrogens is 3. The molecule has 0 saturated carbocycles. The van der Waals surface area contributed by atoms with Crippen molar-refractivity contribution in [1.82, 2.24) is 20.1 Å². The van der Waals surface area contributed by atoms with Crippen molar-refractivity contribution < 1.29 is 9.21 Å². The highest BCUT2D eigenvalue weighted by Crippen LogP contribution is 2.09. The summed E-state index contributed by atoms with van der Waals surface area (Å²) in [5.41, 5.74) is 0.494. The number of hydrogen-bond acceptors (Lipinski definition) is 4. The Kier molecular flexibility index (Phi) is 2.72. The predicted octanol–water partition coefficient (Wildman–Crippen LogP) is 0.899. The molecule has 0 aromatic carbocycles. The predicted molar refractivity (Wildman–Crippen MR) is 55.6 cm³/mol. The van der Waals surface area contributed by atoms with Gasteiger partial charge in [0.1, 0.15) is 18.4 Å². The number of nitrogens with zero attached hydrogens (tertiary/aromatic N) is 3. The van der Waals surface area contributed by atoms with E-state index in [4.69, 9.17) is 4.42 Å². The number of hydrogen-bond donors (Lipinski definition) is 1. The fraction of sp³-hybridized carbons (Fsp3) is 0.300. The molecule has 0 saturated heterocycles. The summed E-state index contributed by atoms with van der Waals surface area (Å²) in [5, 5.41) is 6.75. The standard InChI is InChI=1S/C10H12N4O2/c1-7(9-11-6-12-14(9)2)13-10(15)8-3-4-16-5-8/h3-7H,1-2H3,(H,13,15)/t7-/m0/s1. The normalized spacial score (nSPS) is 12.4. The van der Waals surface area contributed by atoms with E-state index in [0.717, 1.165) is 0 Å². The van der Waals surface area contributed by atoms with Gasteiger partial charge in [-0.15, -0.1) is 0 Å². The van der Waals surface area contributed by atoms with Gasteiger partial charge in [0, 0.05) is 7.05 Å². The molecule has 1 N–H and O–H groups in total. The maximum absolute atomic E-state index is 11.7. The molecule has 0 aliphatic carbocycles. The largest absolute Gasteiger partial charge is 0.472 e. The zero-order valence-electron chi connectivity index (χ0n) is 9.04. The summed E-state index contributed by atoms with van der Waals surface area (Å²) in [7, 11) is 1.78. The Morgan fingerprint density at radius 3 is 3.00 bits per heavy atom. The Hall–Kier alpha value is -2.11. The zero-order valence-corrected chi connectivity index (χ0v) is 9.04. The third-order valence-corrected chi connectivity index (χ3v) is 2.26. The van der Waals surface area contributed by atoms with E-state index < -0.39 is 0 Å². The fourth-order valence-electron chi connectivity index (χ4n) is 1.44. The average Bonchev–Trinajstić information content (AvgIpc) is 2.86. The lowest BCUT2D eigenvalue weighted by atomic mass is 10.2. The van der Waals surface area contributed by atoms with Crippen molar-refractivity contribution in [1.29, 1.82) is 0 Å². The number of furan rings is 1. The van der Waals surface area contributed by atoms with Gasteiger partial charge in [0.25, 0.3) is 5.91 Å². The molecule has 16 heavy (non-hydrogen) atoms. The molecule has 84 valence electrons. The van der Waals surface area contributed by atoms with Crippen LogP contribution < -0.4 is 5.32 Å². The lowest BCUT2D eigenvalue weighted by Crippen LogP contribution is -2.28. The van der Waals surface area contributed by atoms with Crippen LogP contribution in [-0.2, 0) is 7.05 Å². The first kappa shape index (κ1) is 10.4. The molecular weight excluding hydrogens is 208 g/mol. The van der Waals surface area contributed by atoms with Crippen molar-refractivity contribution in [3.8, 4) is 0 Å². The number of nitrogens with one attached hydrogen (secondary N) is 1. The molecule has 2 heterocycles. The summed E-state index contributed by atoms with van der Waals surface area (Å²) >= 11 is 0. The van der Waals surface area contributed by atoms with Crippen LogP contribution in [0.3, 0.4) is 0 Å². The van der Waals surface area contributed by atoms with Crippen LogP contribution in [0, 0.1) is 0 Å². The van der Waals surface area contributed by atoms with E-state index in [1.165, 1.54) is 18.9 Å². The quantitative estimate of drug-likeness (QED) is 0.834. The van der Waals surface area contributed by atoms with Crippen LogP contribution in [0.2, 0.25) is 0 Å². The molecule has 0 unspecified atom stereocenters. The maximum atomic E-state index is 11.7. The van der Waals surface area contributed by atoms with Gasteiger partial charge in [-0.05, 0) is 13.0 Å². The third kappa shape index (κ3) is 1.95. The molecular formula is C10H12N4O2. The number of amides is 1. The molecule has 0 fully saturated rings. The lowest BCUT2D eigenvalue weighted by molar-refractivity contribution is 0.0937. The van der Waals surface area contributed by atoms with Gasteiger partial charge in [0.2, 0.25) is 0 Å². The number of rotatable bonds is 3. The second kappa shape index (κ2) is 4.18. The van der Waals surface area contributed by atoms with Crippen LogP contribution in [0.1, 0.15) is 29.1 Å². The van der Waals surface area contributed by atoms with Crippen molar-refractivity contribution in [3.05, 3.63) is 36.3 Å². The highest BCUT2D eigenvalue weighted by atomic mass is 16.3. The summed E-state index contributed by atoms with van der Waals surface area (Å²) in [6.07, 6.45) is 4.32. The molecule has 0 aliphatic rings. The molecule has 1 atom stereocenters. The van der Waals surface area contributed by atoms with Gasteiger partial charge in [-0.2, -0.15) is 5.10 Å². The van der Waals surface area contributed by atoms with E-state index >= 15 is 0 Å². The van der Waals surface area contributed by atoms with Gasteiger partial charge >= 0.3 is 0 Å². The van der Waals surface area contributed by atoms with Gasteiger partial charge in [-0.1, -0.05) is 0 Å². The van der Waals surface area contributed by atoms with Gasteiger partial charge in [-0.25, -0.2) is 4.98 Å². The topological polar surface area (TPSA) is 73.0 Å². The lowest BCUT2D eigenvalue weighted by Gasteiger charge is -2.11. The number of aryl methyl sites for hydroxylation is 1. The van der Waals surface area contributed by atoms with Crippen LogP contribution in [0.25, 0.3) is 0 Å². The van der Waals surface area contributed by atoms with Crippen molar-refractivity contribution in [2.45, 2.75) is 13.0 Å². The minimum Gasteiger partial charge on any atom is -0.472 e. The molecule has 0 radical (unpaired) electrons.